The van der Waals surface area contributed by atoms with Crippen LogP contribution in [-0.4, -0.2) is 45.9 Å². The molecule has 2 amide bonds. The second-order valence-corrected chi connectivity index (χ2v) is 3.94. The second-order valence-electron chi connectivity index (χ2n) is 3.94. The van der Waals surface area contributed by atoms with Crippen molar-refractivity contribution in [2.24, 2.45) is 0 Å². The predicted molar refractivity (Wildman–Crippen MR) is 59.7 cm³/mol. The zero-order valence-electron chi connectivity index (χ0n) is 9.28. The Morgan fingerprint density at radius 3 is 2.17 bits per heavy atom. The average Bonchev–Trinajstić information content (AvgIpc) is 2.54. The van der Waals surface area contributed by atoms with Gasteiger partial charge < -0.3 is 5.11 Å². The average molecular weight is 250 g/mol. The standard InChI is InChI=1S/C11H10N2O5/c14-7(6-13(17)18)5-12-10(15)8-3-1-2-4-9(8)11(12)16/h1-4,7,14H,5-6H2. The van der Waals surface area contributed by atoms with Crippen LogP contribution in [0, 0.1) is 10.1 Å². The van der Waals surface area contributed by atoms with Gasteiger partial charge in [0.05, 0.1) is 17.7 Å². The zero-order chi connectivity index (χ0) is 13.3. The van der Waals surface area contributed by atoms with Gasteiger partial charge in [-0.2, -0.15) is 0 Å². The van der Waals surface area contributed by atoms with Crippen LogP contribution in [0.2, 0.25) is 0 Å². The molecule has 0 saturated carbocycles. The van der Waals surface area contributed by atoms with Gasteiger partial charge in [-0.1, -0.05) is 12.1 Å². The summed E-state index contributed by atoms with van der Waals surface area (Å²) in [6, 6.07) is 6.27. The molecule has 7 heteroatoms. The Kier molecular flexibility index (Phi) is 3.07. The van der Waals surface area contributed by atoms with E-state index in [2.05, 4.69) is 0 Å². The summed E-state index contributed by atoms with van der Waals surface area (Å²) < 4.78 is 0. The first-order chi connectivity index (χ1) is 8.50. The summed E-state index contributed by atoms with van der Waals surface area (Å²) in [5, 5.41) is 19.6. The minimum Gasteiger partial charge on any atom is -0.384 e. The number of aliphatic hydroxyl groups excluding tert-OH is 1. The summed E-state index contributed by atoms with van der Waals surface area (Å²) in [5.74, 6) is -1.06. The molecule has 1 aromatic rings. The number of nitrogens with zero attached hydrogens (tertiary/aromatic N) is 2. The third-order valence-electron chi connectivity index (χ3n) is 2.63. The highest BCUT2D eigenvalue weighted by atomic mass is 16.6. The van der Waals surface area contributed by atoms with Gasteiger partial charge in [-0.3, -0.25) is 24.6 Å². The molecule has 1 unspecified atom stereocenters. The summed E-state index contributed by atoms with van der Waals surface area (Å²) in [5.41, 5.74) is 0.520. The molecule has 1 aromatic carbocycles. The first kappa shape index (κ1) is 12.2. The smallest absolute Gasteiger partial charge is 0.261 e. The number of amides is 2. The van der Waals surface area contributed by atoms with Crippen molar-refractivity contribution < 1.29 is 19.6 Å². The van der Waals surface area contributed by atoms with Gasteiger partial charge in [0.15, 0.2) is 0 Å². The van der Waals surface area contributed by atoms with Crippen LogP contribution >= 0.6 is 0 Å². The molecule has 1 aliphatic rings. The minimum atomic E-state index is -1.36. The highest BCUT2D eigenvalue weighted by Gasteiger charge is 2.36. The molecule has 1 aliphatic heterocycles. The molecule has 18 heavy (non-hydrogen) atoms. The molecule has 94 valence electrons. The summed E-state index contributed by atoms with van der Waals surface area (Å²) >= 11 is 0. The highest BCUT2D eigenvalue weighted by molar-refractivity contribution is 6.21. The van der Waals surface area contributed by atoms with Crippen LogP contribution in [0.3, 0.4) is 0 Å². The van der Waals surface area contributed by atoms with Crippen LogP contribution in [0.25, 0.3) is 0 Å². The summed E-state index contributed by atoms with van der Waals surface area (Å²) in [6.45, 7) is -1.07. The van der Waals surface area contributed by atoms with Crippen LogP contribution in [-0.2, 0) is 0 Å². The Hall–Kier alpha value is -2.28. The van der Waals surface area contributed by atoms with E-state index in [0.717, 1.165) is 4.90 Å². The third kappa shape index (κ3) is 2.07. The van der Waals surface area contributed by atoms with Crippen molar-refractivity contribution in [1.82, 2.24) is 4.90 Å². The Labute approximate surface area is 102 Å². The Morgan fingerprint density at radius 1 is 1.22 bits per heavy atom. The number of β-amino-alcohol motifs (C(OH)–C–C–N with tert-alkyl or cyclic N) is 1. The number of carbonyl (C=O) groups is 2. The van der Waals surface area contributed by atoms with Crippen LogP contribution in [0.1, 0.15) is 20.7 Å². The lowest BCUT2D eigenvalue weighted by atomic mass is 10.1. The molecular weight excluding hydrogens is 240 g/mol. The molecule has 0 aliphatic carbocycles. The largest absolute Gasteiger partial charge is 0.384 e. The quantitative estimate of drug-likeness (QED) is 0.457. The highest BCUT2D eigenvalue weighted by Crippen LogP contribution is 2.22. The van der Waals surface area contributed by atoms with Crippen molar-refractivity contribution in [3.8, 4) is 0 Å². The van der Waals surface area contributed by atoms with Crippen LogP contribution in [0.5, 0.6) is 0 Å². The molecule has 7 nitrogen and oxygen atoms in total. The molecule has 0 spiro atoms. The van der Waals surface area contributed by atoms with E-state index >= 15 is 0 Å². The van der Waals surface area contributed by atoms with Gasteiger partial charge >= 0.3 is 0 Å². The molecule has 0 fully saturated rings. The monoisotopic (exact) mass is 250 g/mol. The SMILES string of the molecule is O=C1c2ccccc2C(=O)N1CC(O)C[N+](=O)[O-]. The van der Waals surface area contributed by atoms with E-state index in [1.165, 1.54) is 12.1 Å². The number of carbonyl (C=O) groups excluding carboxylic acids is 2. The normalized spacial score (nSPS) is 15.7. The summed E-state index contributed by atoms with van der Waals surface area (Å²) in [6.07, 6.45) is -1.36. The first-order valence-corrected chi connectivity index (χ1v) is 5.26. The molecule has 1 heterocycles. The number of hydrogen-bond donors (Lipinski definition) is 1. The molecule has 2 rings (SSSR count). The number of imide groups is 1. The van der Waals surface area contributed by atoms with Crippen LogP contribution in [0.4, 0.5) is 0 Å². The maximum Gasteiger partial charge on any atom is 0.261 e. The molecule has 0 bridgehead atoms. The molecule has 0 radical (unpaired) electrons. The lowest BCUT2D eigenvalue weighted by Gasteiger charge is -2.15. The number of fused-ring (bicyclic) bond motifs is 1. The molecule has 0 saturated heterocycles. The fourth-order valence-electron chi connectivity index (χ4n) is 1.85. The lowest BCUT2D eigenvalue weighted by molar-refractivity contribution is -0.490. The van der Waals surface area contributed by atoms with E-state index in [0.29, 0.717) is 0 Å². The Morgan fingerprint density at radius 2 is 1.72 bits per heavy atom. The summed E-state index contributed by atoms with van der Waals surface area (Å²) in [7, 11) is 0. The Bertz CT molecular complexity index is 493. The van der Waals surface area contributed by atoms with Crippen molar-refractivity contribution in [3.63, 3.8) is 0 Å². The number of rotatable bonds is 4. The van der Waals surface area contributed by atoms with Crippen LogP contribution in [0.15, 0.2) is 24.3 Å². The molecule has 1 atom stereocenters. The van der Waals surface area contributed by atoms with E-state index in [4.69, 9.17) is 0 Å². The topological polar surface area (TPSA) is 101 Å². The van der Waals surface area contributed by atoms with E-state index in [1.54, 1.807) is 12.1 Å². The summed E-state index contributed by atoms with van der Waals surface area (Å²) in [4.78, 5) is 34.1. The minimum absolute atomic E-state index is 0.260. The molecular formula is C11H10N2O5. The fraction of sp³-hybridized carbons (Fsp3) is 0.273. The van der Waals surface area contributed by atoms with Gasteiger partial charge in [0, 0.05) is 4.92 Å². The zero-order valence-corrected chi connectivity index (χ0v) is 9.28. The van der Waals surface area contributed by atoms with Crippen molar-refractivity contribution in [2.45, 2.75) is 6.10 Å². The second kappa shape index (κ2) is 4.53. The molecule has 1 N–H and O–H groups in total. The van der Waals surface area contributed by atoms with Crippen molar-refractivity contribution in [1.29, 1.82) is 0 Å². The number of nitro groups is 1. The van der Waals surface area contributed by atoms with Gasteiger partial charge in [-0.15, -0.1) is 0 Å². The van der Waals surface area contributed by atoms with E-state index in [-0.39, 0.29) is 17.7 Å². The van der Waals surface area contributed by atoms with E-state index < -0.39 is 29.4 Å². The number of hydrogen-bond acceptors (Lipinski definition) is 5. The van der Waals surface area contributed by atoms with Gasteiger partial charge in [0.2, 0.25) is 6.54 Å². The maximum absolute atomic E-state index is 11.9. The van der Waals surface area contributed by atoms with E-state index in [9.17, 15) is 24.8 Å². The number of benzene rings is 1. The lowest BCUT2D eigenvalue weighted by Crippen LogP contribution is -2.39. The van der Waals surface area contributed by atoms with Gasteiger partial charge in [-0.05, 0) is 12.1 Å². The van der Waals surface area contributed by atoms with E-state index in [1.807, 2.05) is 0 Å². The van der Waals surface area contributed by atoms with Crippen molar-refractivity contribution in [3.05, 3.63) is 45.5 Å². The first-order valence-electron chi connectivity index (χ1n) is 5.26. The maximum atomic E-state index is 11.9. The van der Waals surface area contributed by atoms with Gasteiger partial charge in [-0.25, -0.2) is 0 Å². The fourth-order valence-corrected chi connectivity index (χ4v) is 1.85. The third-order valence-corrected chi connectivity index (χ3v) is 2.63. The number of aliphatic hydroxyl groups is 1. The van der Waals surface area contributed by atoms with Gasteiger partial charge in [0.25, 0.3) is 11.8 Å². The Balaban J connectivity index is 2.16. The van der Waals surface area contributed by atoms with Crippen molar-refractivity contribution >= 4 is 11.8 Å². The predicted octanol–water partition coefficient (Wildman–Crippen LogP) is -0.0798. The molecule has 0 aromatic heterocycles. The van der Waals surface area contributed by atoms with Crippen LogP contribution < -0.4 is 0 Å². The van der Waals surface area contributed by atoms with Crippen molar-refractivity contribution in [2.75, 3.05) is 13.1 Å². The van der Waals surface area contributed by atoms with Gasteiger partial charge in [0.1, 0.15) is 6.10 Å².